The molecule has 2 N–H and O–H groups in total. The first-order chi connectivity index (χ1) is 32.5. The predicted molar refractivity (Wildman–Crippen MR) is 244 cm³/mol. The van der Waals surface area contributed by atoms with Crippen molar-refractivity contribution in [1.29, 1.82) is 0 Å². The number of phenolic OH excluding ortho intramolecular Hbond substituents is 1. The van der Waals surface area contributed by atoms with Gasteiger partial charge in [-0.15, -0.1) is 0 Å². The fraction of sp³-hybridized carbons (Fsp3) is 0.327. The SMILES string of the molecule is COC(=O)[C@@H](NC(=O)N1C(=O)[C@@]2(c3ccccc31)[C@H](c1ccc(O)cc1)N1[C@H](c3ccccc3)[C@H](c3ccccc3)OC(=O)[C@H]1[C@@H]2C(=O)N1CCN(Cc2ccc3c(c2)OCO3)CC1)C(C)C. The molecule has 7 atom stereocenters. The van der Waals surface area contributed by atoms with Crippen molar-refractivity contribution in [2.45, 2.75) is 56.1 Å². The van der Waals surface area contributed by atoms with Gasteiger partial charge in [-0.25, -0.2) is 14.5 Å². The number of cyclic esters (lactones) is 1. The van der Waals surface area contributed by atoms with Gasteiger partial charge in [-0.1, -0.05) is 111 Å². The van der Waals surface area contributed by atoms with Crippen LogP contribution < -0.4 is 19.7 Å². The third-order valence-electron chi connectivity index (χ3n) is 14.0. The monoisotopic (exact) mass is 905 g/mol. The van der Waals surface area contributed by atoms with E-state index in [1.54, 1.807) is 55.1 Å². The second kappa shape index (κ2) is 17.5. The number of imide groups is 1. The van der Waals surface area contributed by atoms with E-state index >= 15 is 14.4 Å². The Morgan fingerprint density at radius 1 is 0.776 bits per heavy atom. The number of esters is 2. The van der Waals surface area contributed by atoms with E-state index in [1.165, 1.54) is 19.2 Å². The molecule has 344 valence electrons. The summed E-state index contributed by atoms with van der Waals surface area (Å²) >= 11 is 0. The summed E-state index contributed by atoms with van der Waals surface area (Å²) in [5.74, 6) is -3.08. The Balaban J connectivity index is 1.14. The number of para-hydroxylation sites is 1. The van der Waals surface area contributed by atoms with E-state index in [1.807, 2.05) is 83.8 Å². The Morgan fingerprint density at radius 2 is 1.43 bits per heavy atom. The minimum atomic E-state index is -1.95. The highest BCUT2D eigenvalue weighted by molar-refractivity contribution is 6.25. The number of phenols is 1. The van der Waals surface area contributed by atoms with Crippen molar-refractivity contribution in [3.8, 4) is 17.2 Å². The van der Waals surface area contributed by atoms with E-state index in [2.05, 4.69) is 10.2 Å². The maximum Gasteiger partial charge on any atom is 0.329 e. The fourth-order valence-electron chi connectivity index (χ4n) is 10.9. The van der Waals surface area contributed by atoms with Crippen molar-refractivity contribution < 1.29 is 48.0 Å². The zero-order chi connectivity index (χ0) is 46.6. The molecule has 5 heterocycles. The smallest absolute Gasteiger partial charge is 0.329 e. The summed E-state index contributed by atoms with van der Waals surface area (Å²) in [5, 5.41) is 13.5. The topological polar surface area (TPSA) is 167 Å². The van der Waals surface area contributed by atoms with Gasteiger partial charge < -0.3 is 34.3 Å². The van der Waals surface area contributed by atoms with E-state index in [4.69, 9.17) is 18.9 Å². The van der Waals surface area contributed by atoms with E-state index in [-0.39, 0.29) is 31.3 Å². The fourth-order valence-corrected chi connectivity index (χ4v) is 10.9. The molecule has 0 saturated carbocycles. The number of ether oxygens (including phenoxy) is 4. The average Bonchev–Trinajstić information content (AvgIpc) is 4.02. The highest BCUT2D eigenvalue weighted by Crippen LogP contribution is 2.66. The van der Waals surface area contributed by atoms with Crippen LogP contribution in [0, 0.1) is 11.8 Å². The molecule has 0 unspecified atom stereocenters. The van der Waals surface area contributed by atoms with E-state index < -0.39 is 77.3 Å². The van der Waals surface area contributed by atoms with Crippen molar-refractivity contribution >= 4 is 35.5 Å². The van der Waals surface area contributed by atoms with Gasteiger partial charge in [0.2, 0.25) is 18.6 Å². The summed E-state index contributed by atoms with van der Waals surface area (Å²) in [6, 6.07) is 32.8. The van der Waals surface area contributed by atoms with Gasteiger partial charge in [-0.2, -0.15) is 0 Å². The average molecular weight is 906 g/mol. The van der Waals surface area contributed by atoms with Crippen molar-refractivity contribution in [3.05, 3.63) is 155 Å². The molecule has 5 aromatic carbocycles. The first kappa shape index (κ1) is 43.7. The Kier molecular flexibility index (Phi) is 11.4. The van der Waals surface area contributed by atoms with Crippen molar-refractivity contribution in [2.24, 2.45) is 11.8 Å². The van der Waals surface area contributed by atoms with Crippen LogP contribution in [0.1, 0.15) is 59.9 Å². The molecule has 67 heavy (non-hydrogen) atoms. The van der Waals surface area contributed by atoms with Gasteiger partial charge in [-0.05, 0) is 64.1 Å². The summed E-state index contributed by atoms with van der Waals surface area (Å²) in [6.45, 7) is 5.81. The lowest BCUT2D eigenvalue weighted by Crippen LogP contribution is -2.59. The molecule has 15 heteroatoms. The summed E-state index contributed by atoms with van der Waals surface area (Å²) in [5.41, 5.74) is 1.63. The number of piperazine rings is 1. The molecule has 5 aliphatic rings. The van der Waals surface area contributed by atoms with E-state index in [0.717, 1.165) is 16.0 Å². The number of nitrogens with one attached hydrogen (secondary N) is 1. The van der Waals surface area contributed by atoms with Crippen LogP contribution in [0.3, 0.4) is 0 Å². The molecule has 10 rings (SSSR count). The van der Waals surface area contributed by atoms with Gasteiger partial charge in [0.25, 0.3) is 0 Å². The number of hydrogen-bond acceptors (Lipinski definition) is 12. The number of nitrogens with zero attached hydrogens (tertiary/aromatic N) is 4. The number of benzene rings is 5. The number of methoxy groups -OCH3 is 1. The van der Waals surface area contributed by atoms with Crippen LogP contribution in [0.15, 0.2) is 127 Å². The molecule has 0 radical (unpaired) electrons. The third kappa shape index (κ3) is 7.33. The number of morpholine rings is 1. The van der Waals surface area contributed by atoms with Crippen LogP contribution in [-0.2, 0) is 40.6 Å². The van der Waals surface area contributed by atoms with Crippen molar-refractivity contribution in [3.63, 3.8) is 0 Å². The molecule has 0 aliphatic carbocycles. The van der Waals surface area contributed by atoms with Crippen LogP contribution in [-0.4, -0.2) is 102 Å². The number of urea groups is 1. The lowest BCUT2D eigenvalue weighted by atomic mass is 9.65. The lowest BCUT2D eigenvalue weighted by Gasteiger charge is -2.46. The van der Waals surface area contributed by atoms with E-state index in [9.17, 15) is 14.7 Å². The van der Waals surface area contributed by atoms with Gasteiger partial charge in [0.05, 0.1) is 30.8 Å². The number of hydrogen-bond donors (Lipinski definition) is 2. The van der Waals surface area contributed by atoms with Gasteiger partial charge in [0.15, 0.2) is 11.5 Å². The molecular weight excluding hydrogens is 855 g/mol. The first-order valence-corrected chi connectivity index (χ1v) is 22.6. The van der Waals surface area contributed by atoms with Crippen LogP contribution in [0.4, 0.5) is 10.5 Å². The number of rotatable bonds is 9. The number of anilines is 1. The minimum Gasteiger partial charge on any atom is -0.508 e. The minimum absolute atomic E-state index is 0.0277. The van der Waals surface area contributed by atoms with Gasteiger partial charge >= 0.3 is 18.0 Å². The largest absolute Gasteiger partial charge is 0.508 e. The molecule has 5 aliphatic heterocycles. The molecule has 5 aromatic rings. The zero-order valence-corrected chi connectivity index (χ0v) is 37.3. The predicted octanol–water partition coefficient (Wildman–Crippen LogP) is 6.04. The maximum absolute atomic E-state index is 16.4. The van der Waals surface area contributed by atoms with E-state index in [0.29, 0.717) is 47.8 Å². The molecule has 0 bridgehead atoms. The van der Waals surface area contributed by atoms with Gasteiger partial charge in [0.1, 0.15) is 29.4 Å². The quantitative estimate of drug-likeness (QED) is 0.165. The second-order valence-electron chi connectivity index (χ2n) is 18.0. The normalized spacial score (nSPS) is 24.9. The number of amides is 4. The molecule has 3 fully saturated rings. The summed E-state index contributed by atoms with van der Waals surface area (Å²) < 4.78 is 22.8. The third-order valence-corrected chi connectivity index (χ3v) is 14.0. The first-order valence-electron chi connectivity index (χ1n) is 22.6. The second-order valence-corrected chi connectivity index (χ2v) is 18.0. The Hall–Kier alpha value is -7.23. The summed E-state index contributed by atoms with van der Waals surface area (Å²) in [6.07, 6.45) is -0.893. The lowest BCUT2D eigenvalue weighted by molar-refractivity contribution is -0.179. The Labute approximate surface area is 387 Å². The summed E-state index contributed by atoms with van der Waals surface area (Å²) in [7, 11) is 1.23. The molecule has 15 nitrogen and oxygen atoms in total. The number of carbonyl (C=O) groups excluding carboxylic acids is 5. The number of aromatic hydroxyl groups is 1. The van der Waals surface area contributed by atoms with Gasteiger partial charge in [0, 0.05) is 32.7 Å². The van der Waals surface area contributed by atoms with Crippen LogP contribution in [0.5, 0.6) is 17.2 Å². The van der Waals surface area contributed by atoms with Gasteiger partial charge in [-0.3, -0.25) is 24.2 Å². The van der Waals surface area contributed by atoms with Crippen molar-refractivity contribution in [1.82, 2.24) is 20.0 Å². The highest BCUT2D eigenvalue weighted by Gasteiger charge is 2.76. The highest BCUT2D eigenvalue weighted by atomic mass is 16.7. The number of carbonyl (C=O) groups is 5. The molecule has 4 amide bonds. The standard InChI is InChI=1S/C52H51N5O10/c1-31(2)42(48(60)64-3)53-51(63)56-38-17-11-10-16-37(38)52(50(56)62)41(47(59)55-26-24-54(25-27-55)29-32-18-23-39-40(28-32)66-30-65-39)44-49(61)67-45(34-14-8-5-9-15-34)43(33-12-6-4-7-13-33)57(44)46(52)35-19-21-36(58)22-20-35/h4-23,28,31,41-46,58H,24-27,29-30H2,1-3H3,(H,53,63)/t41-,42+,43-,44-,45+,46+,52-/m1/s1. The van der Waals surface area contributed by atoms with Crippen molar-refractivity contribution in [2.75, 3.05) is 45.0 Å². The number of fused-ring (bicyclic) bond motifs is 4. The van der Waals surface area contributed by atoms with Crippen LogP contribution in [0.25, 0.3) is 0 Å². The molecule has 1 spiro atoms. The molecule has 0 aromatic heterocycles. The Bertz CT molecular complexity index is 2710. The zero-order valence-electron chi connectivity index (χ0n) is 37.3. The summed E-state index contributed by atoms with van der Waals surface area (Å²) in [4.78, 5) is 82.6. The Morgan fingerprint density at radius 3 is 2.12 bits per heavy atom. The molecule has 3 saturated heterocycles. The van der Waals surface area contributed by atoms with Crippen LogP contribution in [0.2, 0.25) is 0 Å². The van der Waals surface area contributed by atoms with Crippen LogP contribution >= 0.6 is 0 Å². The molecular formula is C52H51N5O10. The maximum atomic E-state index is 16.4.